The maximum absolute atomic E-state index is 12.8. The van der Waals surface area contributed by atoms with Gasteiger partial charge >= 0.3 is 12.1 Å². The Morgan fingerprint density at radius 2 is 1.74 bits per heavy atom. The second-order valence-corrected chi connectivity index (χ2v) is 8.80. The quantitative estimate of drug-likeness (QED) is 0.587. The van der Waals surface area contributed by atoms with Gasteiger partial charge in [-0.1, -0.05) is 24.3 Å². The minimum Gasteiger partial charge on any atom is -0.475 e. The maximum Gasteiger partial charge on any atom is 0.490 e. The largest absolute Gasteiger partial charge is 0.490 e. The van der Waals surface area contributed by atoms with Crippen LogP contribution >= 0.6 is 0 Å². The second-order valence-electron chi connectivity index (χ2n) is 6.93. The molecule has 168 valence electrons. The minimum atomic E-state index is -5.08. The molecule has 0 aliphatic rings. The molecule has 0 fully saturated rings. The van der Waals surface area contributed by atoms with Crippen LogP contribution < -0.4 is 0 Å². The molecule has 0 unspecified atom stereocenters. The molecule has 0 spiro atoms. The number of carbonyl (C=O) groups is 1. The van der Waals surface area contributed by atoms with E-state index in [0.29, 0.717) is 5.39 Å². The average molecular weight is 457 g/mol. The molecule has 0 radical (unpaired) electrons. The summed E-state index contributed by atoms with van der Waals surface area (Å²) in [5.74, 6) is -2.76. The summed E-state index contributed by atoms with van der Waals surface area (Å²) in [6, 6.07) is 14.3. The van der Waals surface area contributed by atoms with Crippen LogP contribution in [0, 0.1) is 0 Å². The fourth-order valence-electron chi connectivity index (χ4n) is 2.71. The van der Waals surface area contributed by atoms with E-state index < -0.39 is 22.0 Å². The molecule has 3 rings (SSSR count). The van der Waals surface area contributed by atoms with Crippen molar-refractivity contribution in [3.05, 3.63) is 54.1 Å². The number of aromatic amines is 1. The van der Waals surface area contributed by atoms with Gasteiger partial charge < -0.3 is 10.0 Å². The summed E-state index contributed by atoms with van der Waals surface area (Å²) in [6.45, 7) is 0.999. The third-order valence-electron chi connectivity index (χ3n) is 4.21. The highest BCUT2D eigenvalue weighted by atomic mass is 32.2. The number of aryl methyl sites for hydroxylation is 1. The predicted molar refractivity (Wildman–Crippen MR) is 109 cm³/mol. The molecule has 2 N–H and O–H groups in total. The lowest BCUT2D eigenvalue weighted by Gasteiger charge is -2.09. The zero-order valence-electron chi connectivity index (χ0n) is 16.8. The number of halogens is 3. The van der Waals surface area contributed by atoms with Crippen molar-refractivity contribution in [3.63, 3.8) is 0 Å². The monoisotopic (exact) mass is 457 g/mol. The smallest absolute Gasteiger partial charge is 0.475 e. The van der Waals surface area contributed by atoms with Crippen molar-refractivity contribution >= 4 is 26.7 Å². The first kappa shape index (κ1) is 24.4. The minimum absolute atomic E-state index is 0.0955. The first-order chi connectivity index (χ1) is 14.4. The second kappa shape index (κ2) is 9.92. The van der Waals surface area contributed by atoms with Crippen molar-refractivity contribution in [2.24, 2.45) is 0 Å². The normalized spacial score (nSPS) is 11.9. The number of carboxylic acid groups (broad SMARTS) is 1. The molecule has 0 atom stereocenters. The van der Waals surface area contributed by atoms with Crippen LogP contribution in [-0.4, -0.2) is 61.4 Å². The number of fused-ring (bicyclic) bond motifs is 1. The first-order valence-electron chi connectivity index (χ1n) is 9.15. The van der Waals surface area contributed by atoms with Crippen molar-refractivity contribution in [1.82, 2.24) is 15.1 Å². The van der Waals surface area contributed by atoms with Crippen LogP contribution in [0.1, 0.15) is 12.0 Å². The molecule has 1 heterocycles. The van der Waals surface area contributed by atoms with Gasteiger partial charge in [0.15, 0.2) is 5.03 Å². The molecule has 0 amide bonds. The van der Waals surface area contributed by atoms with Crippen LogP contribution in [-0.2, 0) is 21.1 Å². The number of rotatable bonds is 6. The lowest BCUT2D eigenvalue weighted by molar-refractivity contribution is -0.192. The van der Waals surface area contributed by atoms with Gasteiger partial charge in [-0.2, -0.15) is 18.3 Å². The third-order valence-corrected chi connectivity index (χ3v) is 5.93. The number of sulfone groups is 1. The van der Waals surface area contributed by atoms with Crippen molar-refractivity contribution < 1.29 is 31.5 Å². The maximum atomic E-state index is 12.8. The lowest BCUT2D eigenvalue weighted by Crippen LogP contribution is -2.21. The topological polar surface area (TPSA) is 103 Å². The van der Waals surface area contributed by atoms with Gasteiger partial charge in [0.05, 0.1) is 10.4 Å². The van der Waals surface area contributed by atoms with Crippen LogP contribution in [0.2, 0.25) is 0 Å². The molecular weight excluding hydrogens is 435 g/mol. The van der Waals surface area contributed by atoms with E-state index in [-0.39, 0.29) is 9.92 Å². The number of alkyl halides is 3. The summed E-state index contributed by atoms with van der Waals surface area (Å²) >= 11 is 0. The molecule has 11 heteroatoms. The van der Waals surface area contributed by atoms with E-state index in [9.17, 15) is 21.6 Å². The summed E-state index contributed by atoms with van der Waals surface area (Å²) in [6.07, 6.45) is -3.15. The highest BCUT2D eigenvalue weighted by Gasteiger charge is 2.38. The zero-order valence-corrected chi connectivity index (χ0v) is 17.7. The molecule has 7 nitrogen and oxygen atoms in total. The van der Waals surface area contributed by atoms with E-state index in [1.807, 2.05) is 32.3 Å². The van der Waals surface area contributed by atoms with Gasteiger partial charge in [0.2, 0.25) is 9.84 Å². The van der Waals surface area contributed by atoms with Gasteiger partial charge in [-0.3, -0.25) is 5.10 Å². The van der Waals surface area contributed by atoms with Gasteiger partial charge in [-0.15, -0.1) is 0 Å². The summed E-state index contributed by atoms with van der Waals surface area (Å²) < 4.78 is 57.4. The molecule has 0 saturated carbocycles. The SMILES string of the molecule is CN(C)CCCc1ccc2[nH]nc(S(=O)(=O)c3ccccc3)c2c1.O=C(O)C(F)(F)F. The average Bonchev–Trinajstić information content (AvgIpc) is 3.12. The summed E-state index contributed by atoms with van der Waals surface area (Å²) in [5.41, 5.74) is 1.86. The standard InChI is InChI=1S/C18H21N3O2S.C2HF3O2/c1-21(2)12-6-7-14-10-11-17-16(13-14)18(20-19-17)24(22,23)15-8-4-3-5-9-15;3-2(4,5)1(6)7/h3-5,8-11,13H,6-7,12H2,1-2H3,(H,19,20);(H,6,7). The molecular formula is C20H22F3N3O4S. The Hall–Kier alpha value is -2.92. The number of H-pyrrole nitrogens is 1. The lowest BCUT2D eigenvalue weighted by atomic mass is 10.1. The van der Waals surface area contributed by atoms with E-state index in [2.05, 4.69) is 15.1 Å². The number of nitrogens with one attached hydrogen (secondary N) is 1. The van der Waals surface area contributed by atoms with Crippen molar-refractivity contribution in [2.75, 3.05) is 20.6 Å². The Labute approximate surface area is 177 Å². The van der Waals surface area contributed by atoms with E-state index >= 15 is 0 Å². The number of hydrogen-bond donors (Lipinski definition) is 2. The van der Waals surface area contributed by atoms with Crippen LogP contribution in [0.3, 0.4) is 0 Å². The molecule has 1 aromatic heterocycles. The van der Waals surface area contributed by atoms with Gasteiger partial charge in [0, 0.05) is 5.39 Å². The van der Waals surface area contributed by atoms with E-state index in [1.54, 1.807) is 30.3 Å². The van der Waals surface area contributed by atoms with Crippen molar-refractivity contribution in [1.29, 1.82) is 0 Å². The Kier molecular flexibility index (Phi) is 7.80. The molecule has 31 heavy (non-hydrogen) atoms. The molecule has 0 aliphatic heterocycles. The predicted octanol–water partition coefficient (Wildman–Crippen LogP) is 3.52. The summed E-state index contributed by atoms with van der Waals surface area (Å²) in [7, 11) is 0.467. The van der Waals surface area contributed by atoms with Crippen LogP contribution in [0.4, 0.5) is 13.2 Å². The fourth-order valence-corrected chi connectivity index (χ4v) is 4.07. The van der Waals surface area contributed by atoms with Crippen molar-refractivity contribution in [2.45, 2.75) is 28.9 Å². The highest BCUT2D eigenvalue weighted by molar-refractivity contribution is 7.91. The zero-order chi connectivity index (χ0) is 23.2. The first-order valence-corrected chi connectivity index (χ1v) is 10.6. The number of aliphatic carboxylic acids is 1. The van der Waals surface area contributed by atoms with Crippen LogP contribution in [0.5, 0.6) is 0 Å². The summed E-state index contributed by atoms with van der Waals surface area (Å²) in [4.78, 5) is 11.3. The van der Waals surface area contributed by atoms with E-state index in [0.717, 1.165) is 30.5 Å². The Morgan fingerprint density at radius 1 is 1.13 bits per heavy atom. The highest BCUT2D eigenvalue weighted by Crippen LogP contribution is 2.27. The Balaban J connectivity index is 0.000000423. The summed E-state index contributed by atoms with van der Waals surface area (Å²) in [5, 5.41) is 14.8. The number of benzene rings is 2. The van der Waals surface area contributed by atoms with Gasteiger partial charge in [-0.25, -0.2) is 13.2 Å². The number of nitrogens with zero attached hydrogens (tertiary/aromatic N) is 2. The third kappa shape index (κ3) is 6.53. The number of carboxylic acids is 1. The van der Waals surface area contributed by atoms with E-state index in [1.165, 1.54) is 0 Å². The van der Waals surface area contributed by atoms with Gasteiger partial charge in [-0.05, 0) is 63.3 Å². The number of aromatic nitrogens is 2. The fraction of sp³-hybridized carbons (Fsp3) is 0.300. The molecule has 2 aromatic carbocycles. The molecule has 0 saturated heterocycles. The Morgan fingerprint density at radius 3 is 2.29 bits per heavy atom. The van der Waals surface area contributed by atoms with Crippen LogP contribution in [0.15, 0.2) is 58.5 Å². The van der Waals surface area contributed by atoms with Gasteiger partial charge in [0.1, 0.15) is 0 Å². The molecule has 0 bridgehead atoms. The molecule has 3 aromatic rings. The van der Waals surface area contributed by atoms with Crippen LogP contribution in [0.25, 0.3) is 10.9 Å². The Bertz CT molecular complexity index is 1130. The molecule has 0 aliphatic carbocycles. The van der Waals surface area contributed by atoms with Crippen molar-refractivity contribution in [3.8, 4) is 0 Å². The van der Waals surface area contributed by atoms with E-state index in [4.69, 9.17) is 9.90 Å². The number of hydrogen-bond acceptors (Lipinski definition) is 5. The van der Waals surface area contributed by atoms with Gasteiger partial charge in [0.25, 0.3) is 0 Å².